The maximum absolute atomic E-state index is 13.6. The highest BCUT2D eigenvalue weighted by Crippen LogP contribution is 2.52. The number of para-hydroxylation sites is 1. The Balaban J connectivity index is 1.63. The lowest BCUT2D eigenvalue weighted by molar-refractivity contribution is -0.122. The molecule has 0 bridgehead atoms. The van der Waals surface area contributed by atoms with Crippen molar-refractivity contribution < 1.29 is 14.3 Å². The third kappa shape index (κ3) is 2.12. The highest BCUT2D eigenvalue weighted by molar-refractivity contribution is 9.10. The third-order valence-electron chi connectivity index (χ3n) is 5.52. The van der Waals surface area contributed by atoms with E-state index in [0.29, 0.717) is 13.2 Å². The van der Waals surface area contributed by atoms with Crippen LogP contribution in [0.2, 0.25) is 0 Å². The first-order chi connectivity index (χ1) is 12.2. The number of hydrogen-bond acceptors (Lipinski definition) is 3. The predicted octanol–water partition coefficient (Wildman–Crippen LogP) is 3.65. The maximum Gasteiger partial charge on any atom is 0.245 e. The Morgan fingerprint density at radius 3 is 2.92 bits per heavy atom. The van der Waals surface area contributed by atoms with Gasteiger partial charge in [-0.05, 0) is 36.6 Å². The first-order valence-corrected chi connectivity index (χ1v) is 9.45. The Hall–Kier alpha value is -1.85. The normalized spacial score (nSPS) is 26.8. The molecule has 2 atom stereocenters. The van der Waals surface area contributed by atoms with E-state index in [2.05, 4.69) is 22.0 Å². The van der Waals surface area contributed by atoms with Gasteiger partial charge >= 0.3 is 0 Å². The monoisotopic (exact) mass is 399 g/mol. The molecule has 4 nitrogen and oxygen atoms in total. The highest BCUT2D eigenvalue weighted by atomic mass is 79.9. The fourth-order valence-electron chi connectivity index (χ4n) is 4.33. The van der Waals surface area contributed by atoms with Crippen molar-refractivity contribution in [2.45, 2.75) is 24.4 Å². The van der Waals surface area contributed by atoms with Crippen LogP contribution in [-0.2, 0) is 14.9 Å². The van der Waals surface area contributed by atoms with E-state index < -0.39 is 5.41 Å². The molecule has 25 heavy (non-hydrogen) atoms. The van der Waals surface area contributed by atoms with Crippen LogP contribution in [0.1, 0.15) is 24.0 Å². The van der Waals surface area contributed by atoms with Crippen molar-refractivity contribution in [1.82, 2.24) is 0 Å². The van der Waals surface area contributed by atoms with E-state index in [1.54, 1.807) is 0 Å². The summed E-state index contributed by atoms with van der Waals surface area (Å²) in [5.74, 6) is 0.891. The summed E-state index contributed by atoms with van der Waals surface area (Å²) in [5, 5.41) is 0. The van der Waals surface area contributed by atoms with Crippen LogP contribution in [0.3, 0.4) is 0 Å². The van der Waals surface area contributed by atoms with E-state index >= 15 is 0 Å². The van der Waals surface area contributed by atoms with Crippen LogP contribution in [0.25, 0.3) is 0 Å². The first kappa shape index (κ1) is 15.4. The Morgan fingerprint density at radius 2 is 2.08 bits per heavy atom. The van der Waals surface area contributed by atoms with Crippen molar-refractivity contribution in [2.75, 3.05) is 24.7 Å². The van der Waals surface area contributed by atoms with E-state index in [-0.39, 0.29) is 12.0 Å². The molecule has 3 aliphatic rings. The number of hydrogen-bond donors (Lipinski definition) is 0. The molecule has 5 rings (SSSR count). The zero-order chi connectivity index (χ0) is 17.0. The van der Waals surface area contributed by atoms with Gasteiger partial charge in [-0.25, -0.2) is 0 Å². The number of ether oxygens (including phenoxy) is 2. The van der Waals surface area contributed by atoms with E-state index in [1.165, 1.54) is 0 Å². The largest absolute Gasteiger partial charge is 0.491 e. The molecule has 5 heteroatoms. The average molecular weight is 400 g/mol. The fraction of sp³-hybridized carbons (Fsp3) is 0.350. The van der Waals surface area contributed by atoms with Gasteiger partial charge in [-0.1, -0.05) is 40.2 Å². The summed E-state index contributed by atoms with van der Waals surface area (Å²) in [7, 11) is 0. The summed E-state index contributed by atoms with van der Waals surface area (Å²) in [6.45, 7) is 1.76. The number of carbonyl (C=O) groups is 1. The number of halogens is 1. The summed E-state index contributed by atoms with van der Waals surface area (Å²) in [6.07, 6.45) is 2.21. The Bertz CT molecular complexity index is 862. The van der Waals surface area contributed by atoms with Gasteiger partial charge in [0.15, 0.2) is 0 Å². The van der Waals surface area contributed by atoms with Gasteiger partial charge in [0.05, 0.1) is 12.6 Å². The van der Waals surface area contributed by atoms with Crippen molar-refractivity contribution in [3.05, 3.63) is 58.1 Å². The van der Waals surface area contributed by atoms with Crippen LogP contribution in [0.4, 0.5) is 5.69 Å². The number of benzene rings is 2. The quantitative estimate of drug-likeness (QED) is 0.773. The lowest BCUT2D eigenvalue weighted by Crippen LogP contribution is -2.44. The van der Waals surface area contributed by atoms with Crippen molar-refractivity contribution in [1.29, 1.82) is 0 Å². The molecule has 0 aromatic heterocycles. The number of amides is 1. The summed E-state index contributed by atoms with van der Waals surface area (Å²) < 4.78 is 12.7. The van der Waals surface area contributed by atoms with Crippen molar-refractivity contribution in [3.8, 4) is 5.75 Å². The second kappa shape index (κ2) is 5.58. The Kier molecular flexibility index (Phi) is 3.44. The van der Waals surface area contributed by atoms with Gasteiger partial charge in [-0.15, -0.1) is 0 Å². The van der Waals surface area contributed by atoms with Crippen molar-refractivity contribution in [2.24, 2.45) is 0 Å². The molecule has 1 amide bonds. The summed E-state index contributed by atoms with van der Waals surface area (Å²) in [4.78, 5) is 15.5. The maximum atomic E-state index is 13.6. The first-order valence-electron chi connectivity index (χ1n) is 8.66. The van der Waals surface area contributed by atoms with Crippen LogP contribution in [0.15, 0.2) is 46.9 Å². The second-order valence-electron chi connectivity index (χ2n) is 6.90. The molecule has 0 radical (unpaired) electrons. The van der Waals surface area contributed by atoms with Crippen LogP contribution < -0.4 is 9.64 Å². The number of fused-ring (bicyclic) bond motifs is 4. The molecular formula is C20H18BrNO3. The molecule has 1 saturated heterocycles. The van der Waals surface area contributed by atoms with Gasteiger partial charge < -0.3 is 14.4 Å². The van der Waals surface area contributed by atoms with Crippen LogP contribution in [-0.4, -0.2) is 31.8 Å². The Labute approximate surface area is 154 Å². The number of anilines is 1. The van der Waals surface area contributed by atoms with E-state index in [4.69, 9.17) is 9.47 Å². The highest BCUT2D eigenvalue weighted by Gasteiger charge is 2.57. The molecule has 0 saturated carbocycles. The zero-order valence-electron chi connectivity index (χ0n) is 13.7. The minimum Gasteiger partial charge on any atom is -0.491 e. The molecule has 128 valence electrons. The summed E-state index contributed by atoms with van der Waals surface area (Å²) >= 11 is 3.49. The fourth-order valence-corrected chi connectivity index (χ4v) is 4.67. The van der Waals surface area contributed by atoms with E-state index in [0.717, 1.165) is 46.5 Å². The van der Waals surface area contributed by atoms with Gasteiger partial charge in [0.2, 0.25) is 5.91 Å². The van der Waals surface area contributed by atoms with Crippen LogP contribution in [0.5, 0.6) is 5.75 Å². The number of nitrogens with zero attached hydrogens (tertiary/aromatic N) is 1. The van der Waals surface area contributed by atoms with Crippen LogP contribution in [0, 0.1) is 0 Å². The summed E-state index contributed by atoms with van der Waals surface area (Å²) in [5.41, 5.74) is 2.26. The lowest BCUT2D eigenvalue weighted by atomic mass is 9.77. The van der Waals surface area contributed by atoms with E-state index in [9.17, 15) is 4.79 Å². The summed E-state index contributed by atoms with van der Waals surface area (Å²) in [6, 6.07) is 14.0. The van der Waals surface area contributed by atoms with Gasteiger partial charge in [-0.3, -0.25) is 4.79 Å². The molecule has 0 N–H and O–H groups in total. The molecule has 2 aromatic rings. The number of carbonyl (C=O) groups excluding carboxylic acids is 1. The molecule has 1 spiro atoms. The van der Waals surface area contributed by atoms with Gasteiger partial charge in [0, 0.05) is 22.3 Å². The van der Waals surface area contributed by atoms with E-state index in [1.807, 2.05) is 41.3 Å². The second-order valence-corrected chi connectivity index (χ2v) is 7.82. The smallest absolute Gasteiger partial charge is 0.245 e. The molecular weight excluding hydrogens is 382 g/mol. The van der Waals surface area contributed by atoms with Crippen LogP contribution >= 0.6 is 15.9 Å². The zero-order valence-corrected chi connectivity index (χ0v) is 15.3. The minimum absolute atomic E-state index is 0.102. The third-order valence-corrected chi connectivity index (χ3v) is 6.02. The van der Waals surface area contributed by atoms with Gasteiger partial charge in [0.1, 0.15) is 17.8 Å². The standard InChI is InChI=1S/C20H18BrNO3/c21-13-7-8-16-18(10-13)25-12-20(16)15-5-1-2-6-17(15)22(19(20)23)11-14-4-3-9-24-14/h1-2,5-8,10,14H,3-4,9,11-12H2/t14-,20?/m1/s1. The topological polar surface area (TPSA) is 38.8 Å². The molecule has 3 heterocycles. The predicted molar refractivity (Wildman–Crippen MR) is 98.2 cm³/mol. The van der Waals surface area contributed by atoms with Crippen molar-refractivity contribution in [3.63, 3.8) is 0 Å². The SMILES string of the molecule is O=C1N(C[C@H]2CCCO2)c2ccccc2C12COc1cc(Br)ccc12. The molecule has 3 aliphatic heterocycles. The Morgan fingerprint density at radius 1 is 1.20 bits per heavy atom. The van der Waals surface area contributed by atoms with Crippen molar-refractivity contribution >= 4 is 27.5 Å². The number of rotatable bonds is 2. The molecule has 1 fully saturated rings. The molecule has 2 aromatic carbocycles. The van der Waals surface area contributed by atoms with Gasteiger partial charge in [0.25, 0.3) is 0 Å². The lowest BCUT2D eigenvalue weighted by Gasteiger charge is -2.24. The molecule has 0 aliphatic carbocycles. The molecule has 1 unspecified atom stereocenters. The minimum atomic E-state index is -0.731. The van der Waals surface area contributed by atoms with Gasteiger partial charge in [-0.2, -0.15) is 0 Å². The average Bonchev–Trinajstić information content (AvgIpc) is 3.31.